The van der Waals surface area contributed by atoms with Crippen molar-refractivity contribution >= 4 is 22.0 Å². The van der Waals surface area contributed by atoms with Gasteiger partial charge >= 0.3 is 6.09 Å². The molecule has 0 spiro atoms. The van der Waals surface area contributed by atoms with Crippen LogP contribution < -0.4 is 0 Å². The fourth-order valence-electron chi connectivity index (χ4n) is 3.36. The zero-order valence-corrected chi connectivity index (χ0v) is 17.3. The third-order valence-corrected chi connectivity index (χ3v) is 5.11. The number of hydrogen-bond donors (Lipinski definition) is 1. The standard InChI is InChI=1S/C20H26BrN3O2/c1-13-6-5-7-17(24(13)19(25)26-20(2,3)4)18-22-12-16(23-18)14-8-10-15(21)11-9-14/h8-13,17H,5-7H2,1-4H3,(H,22,23). The number of nitrogens with zero attached hydrogens (tertiary/aromatic N) is 2. The SMILES string of the molecule is CC1CCCC(c2ncc(-c3ccc(Br)cc3)[nH]2)N1C(=O)OC(C)(C)C. The lowest BCUT2D eigenvalue weighted by atomic mass is 9.96. The number of carbonyl (C=O) groups is 1. The maximum Gasteiger partial charge on any atom is 0.411 e. The van der Waals surface area contributed by atoms with Crippen LogP contribution in [-0.4, -0.2) is 32.6 Å². The number of nitrogens with one attached hydrogen (secondary N) is 1. The monoisotopic (exact) mass is 419 g/mol. The number of hydrogen-bond acceptors (Lipinski definition) is 3. The molecule has 2 heterocycles. The molecule has 3 rings (SSSR count). The molecule has 0 radical (unpaired) electrons. The van der Waals surface area contributed by atoms with Crippen molar-refractivity contribution in [3.63, 3.8) is 0 Å². The van der Waals surface area contributed by atoms with Crippen LogP contribution in [0.4, 0.5) is 4.79 Å². The molecule has 1 saturated heterocycles. The highest BCUT2D eigenvalue weighted by Crippen LogP contribution is 2.35. The first kappa shape index (κ1) is 19.0. The number of halogens is 1. The number of aromatic nitrogens is 2. The zero-order chi connectivity index (χ0) is 18.9. The molecule has 140 valence electrons. The Hall–Kier alpha value is -1.82. The Morgan fingerprint density at radius 2 is 1.96 bits per heavy atom. The molecule has 5 nitrogen and oxygen atoms in total. The van der Waals surface area contributed by atoms with Crippen LogP contribution in [0.25, 0.3) is 11.3 Å². The van der Waals surface area contributed by atoms with Crippen molar-refractivity contribution in [1.29, 1.82) is 0 Å². The van der Waals surface area contributed by atoms with Crippen LogP contribution in [0.15, 0.2) is 34.9 Å². The number of carbonyl (C=O) groups excluding carboxylic acids is 1. The predicted octanol–water partition coefficient (Wildman–Crippen LogP) is 5.69. The minimum absolute atomic E-state index is 0.0854. The second kappa shape index (κ2) is 7.43. The minimum atomic E-state index is -0.509. The molecule has 26 heavy (non-hydrogen) atoms. The number of H-pyrrole nitrogens is 1. The summed E-state index contributed by atoms with van der Waals surface area (Å²) >= 11 is 3.46. The van der Waals surface area contributed by atoms with Gasteiger partial charge in [-0.25, -0.2) is 9.78 Å². The Morgan fingerprint density at radius 3 is 2.62 bits per heavy atom. The van der Waals surface area contributed by atoms with E-state index in [1.807, 2.05) is 56.1 Å². The number of amides is 1. The Kier molecular flexibility index (Phi) is 5.42. The van der Waals surface area contributed by atoms with E-state index in [0.29, 0.717) is 0 Å². The molecule has 2 unspecified atom stereocenters. The van der Waals surface area contributed by atoms with Gasteiger partial charge in [-0.05, 0) is 64.7 Å². The smallest absolute Gasteiger partial charge is 0.411 e. The first-order valence-corrected chi connectivity index (χ1v) is 9.86. The van der Waals surface area contributed by atoms with Crippen molar-refractivity contribution in [1.82, 2.24) is 14.9 Å². The molecule has 1 amide bonds. The largest absolute Gasteiger partial charge is 0.444 e. The van der Waals surface area contributed by atoms with Gasteiger partial charge in [-0.15, -0.1) is 0 Å². The topological polar surface area (TPSA) is 58.2 Å². The Bertz CT molecular complexity index is 764. The Balaban J connectivity index is 1.86. The van der Waals surface area contributed by atoms with Gasteiger partial charge in [-0.3, -0.25) is 4.90 Å². The van der Waals surface area contributed by atoms with Crippen molar-refractivity contribution in [3.05, 3.63) is 40.8 Å². The van der Waals surface area contributed by atoms with E-state index < -0.39 is 5.60 Å². The summed E-state index contributed by atoms with van der Waals surface area (Å²) < 4.78 is 6.68. The van der Waals surface area contributed by atoms with Crippen molar-refractivity contribution in [2.75, 3.05) is 0 Å². The van der Waals surface area contributed by atoms with Crippen molar-refractivity contribution in [2.24, 2.45) is 0 Å². The predicted molar refractivity (Wildman–Crippen MR) is 106 cm³/mol. The van der Waals surface area contributed by atoms with Crippen LogP contribution in [0, 0.1) is 0 Å². The van der Waals surface area contributed by atoms with Gasteiger partial charge in [0.2, 0.25) is 0 Å². The van der Waals surface area contributed by atoms with Crippen LogP contribution >= 0.6 is 15.9 Å². The zero-order valence-electron chi connectivity index (χ0n) is 15.8. The van der Waals surface area contributed by atoms with Crippen LogP contribution in [0.5, 0.6) is 0 Å². The van der Waals surface area contributed by atoms with E-state index in [4.69, 9.17) is 4.74 Å². The molecule has 1 aromatic heterocycles. The quantitative estimate of drug-likeness (QED) is 0.679. The number of likely N-dealkylation sites (tertiary alicyclic amines) is 1. The summed E-state index contributed by atoms with van der Waals surface area (Å²) in [7, 11) is 0. The van der Waals surface area contributed by atoms with Gasteiger partial charge in [0.15, 0.2) is 0 Å². The van der Waals surface area contributed by atoms with Crippen molar-refractivity contribution in [2.45, 2.75) is 64.6 Å². The summed E-state index contributed by atoms with van der Waals surface area (Å²) in [6.07, 6.45) is 4.51. The maximum absolute atomic E-state index is 12.8. The Labute approximate surface area is 163 Å². The van der Waals surface area contributed by atoms with E-state index in [9.17, 15) is 4.79 Å². The van der Waals surface area contributed by atoms with E-state index in [2.05, 4.69) is 32.8 Å². The minimum Gasteiger partial charge on any atom is -0.444 e. The number of piperidine rings is 1. The third kappa shape index (κ3) is 4.29. The number of ether oxygens (including phenoxy) is 1. The first-order valence-electron chi connectivity index (χ1n) is 9.07. The van der Waals surface area contributed by atoms with E-state index in [0.717, 1.165) is 40.8 Å². The summed E-state index contributed by atoms with van der Waals surface area (Å²) in [6, 6.07) is 8.13. The average Bonchev–Trinajstić information content (AvgIpc) is 3.03. The normalized spacial score (nSPS) is 20.9. The van der Waals surface area contributed by atoms with E-state index in [1.165, 1.54) is 0 Å². The number of rotatable bonds is 2. The highest BCUT2D eigenvalue weighted by Gasteiger charge is 2.37. The summed E-state index contributed by atoms with van der Waals surface area (Å²) in [6.45, 7) is 7.77. The fourth-order valence-corrected chi connectivity index (χ4v) is 3.63. The van der Waals surface area contributed by atoms with Gasteiger partial charge in [0.05, 0.1) is 17.9 Å². The molecule has 0 aliphatic carbocycles. The van der Waals surface area contributed by atoms with Crippen LogP contribution in [-0.2, 0) is 4.74 Å². The molecule has 0 saturated carbocycles. The van der Waals surface area contributed by atoms with Crippen molar-refractivity contribution < 1.29 is 9.53 Å². The number of imidazole rings is 1. The second-order valence-corrected chi connectivity index (χ2v) is 8.79. The summed E-state index contributed by atoms with van der Waals surface area (Å²) in [5.74, 6) is 0.820. The molecule has 2 atom stereocenters. The molecule has 1 aliphatic heterocycles. The highest BCUT2D eigenvalue weighted by atomic mass is 79.9. The molecule has 2 aromatic rings. The molecular weight excluding hydrogens is 394 g/mol. The summed E-state index contributed by atoms with van der Waals surface area (Å²) in [4.78, 5) is 22.6. The van der Waals surface area contributed by atoms with Crippen LogP contribution in [0.3, 0.4) is 0 Å². The molecule has 1 N–H and O–H groups in total. The molecule has 1 aromatic carbocycles. The fraction of sp³-hybridized carbons (Fsp3) is 0.500. The lowest BCUT2D eigenvalue weighted by molar-refractivity contribution is -0.00444. The van der Waals surface area contributed by atoms with E-state index >= 15 is 0 Å². The van der Waals surface area contributed by atoms with Crippen molar-refractivity contribution in [3.8, 4) is 11.3 Å². The summed E-state index contributed by atoms with van der Waals surface area (Å²) in [5.41, 5.74) is 1.51. The van der Waals surface area contributed by atoms with E-state index in [1.54, 1.807) is 0 Å². The average molecular weight is 420 g/mol. The van der Waals surface area contributed by atoms with Gasteiger partial charge in [0.25, 0.3) is 0 Å². The molecule has 1 aliphatic rings. The molecule has 0 bridgehead atoms. The number of benzene rings is 1. The highest BCUT2D eigenvalue weighted by molar-refractivity contribution is 9.10. The molecular formula is C20H26BrN3O2. The van der Waals surface area contributed by atoms with Crippen LogP contribution in [0.2, 0.25) is 0 Å². The lowest BCUT2D eigenvalue weighted by Gasteiger charge is -2.40. The molecule has 1 fully saturated rings. The maximum atomic E-state index is 12.8. The van der Waals surface area contributed by atoms with Gasteiger partial charge < -0.3 is 9.72 Å². The Morgan fingerprint density at radius 1 is 1.27 bits per heavy atom. The van der Waals surface area contributed by atoms with Gasteiger partial charge in [0, 0.05) is 10.5 Å². The van der Waals surface area contributed by atoms with Crippen LogP contribution in [0.1, 0.15) is 58.8 Å². The van der Waals surface area contributed by atoms with E-state index in [-0.39, 0.29) is 18.2 Å². The molecule has 6 heteroatoms. The summed E-state index contributed by atoms with van der Waals surface area (Å²) in [5, 5.41) is 0. The third-order valence-electron chi connectivity index (χ3n) is 4.58. The van der Waals surface area contributed by atoms with Gasteiger partial charge in [-0.2, -0.15) is 0 Å². The first-order chi connectivity index (χ1) is 12.2. The lowest BCUT2D eigenvalue weighted by Crippen LogP contribution is -2.46. The van der Waals surface area contributed by atoms with Gasteiger partial charge in [-0.1, -0.05) is 28.1 Å². The van der Waals surface area contributed by atoms with Gasteiger partial charge in [0.1, 0.15) is 11.4 Å². The number of aromatic amines is 1. The second-order valence-electron chi connectivity index (χ2n) is 7.87.